The lowest BCUT2D eigenvalue weighted by Crippen LogP contribution is -2.28. The number of benzene rings is 3. The summed E-state index contributed by atoms with van der Waals surface area (Å²) in [4.78, 5) is 27.1. The molecule has 48 heavy (non-hydrogen) atoms. The van der Waals surface area contributed by atoms with Crippen LogP contribution < -0.4 is 9.93 Å². The predicted molar refractivity (Wildman–Crippen MR) is 184 cm³/mol. The summed E-state index contributed by atoms with van der Waals surface area (Å²) in [5.74, 6) is 1.06. The van der Waals surface area contributed by atoms with Gasteiger partial charge in [0.2, 0.25) is 5.36 Å². The summed E-state index contributed by atoms with van der Waals surface area (Å²) in [7, 11) is 2.61. The minimum atomic E-state index is -4.08. The minimum Gasteiger partial charge on any atom is -0.453 e. The Morgan fingerprint density at radius 1 is 1.00 bits per heavy atom. The molecule has 4 atom stereocenters. The molecule has 2 aliphatic heterocycles. The van der Waals surface area contributed by atoms with E-state index in [2.05, 4.69) is 22.7 Å². The summed E-state index contributed by atoms with van der Waals surface area (Å²) in [6, 6.07) is 16.5. The number of carbonyl (C=O) groups excluding carboxylic acids is 1. The number of rotatable bonds is 18. The van der Waals surface area contributed by atoms with E-state index >= 15 is 0 Å². The van der Waals surface area contributed by atoms with Crippen molar-refractivity contribution in [2.45, 2.75) is 82.7 Å². The number of carbonyl (C=O) groups is 1. The van der Waals surface area contributed by atoms with E-state index in [-0.39, 0.29) is 12.7 Å². The van der Waals surface area contributed by atoms with Crippen LogP contribution in [0.3, 0.4) is 0 Å². The zero-order chi connectivity index (χ0) is 34.1. The van der Waals surface area contributed by atoms with Crippen molar-refractivity contribution in [3.05, 3.63) is 59.5 Å². The highest BCUT2D eigenvalue weighted by Crippen LogP contribution is 2.43. The zero-order valence-corrected chi connectivity index (χ0v) is 29.3. The van der Waals surface area contributed by atoms with Gasteiger partial charge in [-0.1, -0.05) is 43.5 Å². The van der Waals surface area contributed by atoms with Crippen LogP contribution in [0, 0.1) is 0 Å². The maximum absolute atomic E-state index is 12.7. The highest BCUT2D eigenvalue weighted by atomic mass is 31.2. The van der Waals surface area contributed by atoms with Gasteiger partial charge in [0, 0.05) is 51.5 Å². The Kier molecular flexibility index (Phi) is 12.9. The number of Topliss-reactive ketones (excluding diaryl/α,β-unsaturated/α-hetero) is 1. The molecule has 4 unspecified atom stereocenters. The molecule has 5 rings (SSSR count). The lowest BCUT2D eigenvalue weighted by molar-refractivity contribution is -0.143. The molecule has 0 amide bonds. The number of hydrogen-bond acceptors (Lipinski definition) is 9. The standard InChI is InChI=1S/C36H47N2O9P/c1-38(2)26-18-19-30-31(22-26)46-33-21-25(28-16-9-10-17-29(28)36(33)37-30)13-12-15-27(39)14-8-6-5-7-11-20-44-35-23-32(42-3)34(47-35)24-45-48(40,41)43-4/h9-10,16-19,21-22,32,34-35H,5-8,11-15,20,23-24H2,1-4H3/p+1. The number of phosphoric acid groups is 1. The molecule has 0 saturated carbocycles. The fourth-order valence-electron chi connectivity index (χ4n) is 6.17. The number of fused-ring (bicyclic) bond motifs is 4. The maximum Gasteiger partial charge on any atom is 0.472 e. The normalized spacial score (nSPS) is 19.3. The van der Waals surface area contributed by atoms with Crippen LogP contribution in [0.25, 0.3) is 33.3 Å². The van der Waals surface area contributed by atoms with Gasteiger partial charge in [0.25, 0.3) is 0 Å². The van der Waals surface area contributed by atoms with Crippen LogP contribution in [0.1, 0.15) is 63.4 Å². The van der Waals surface area contributed by atoms with Crippen molar-refractivity contribution in [3.63, 3.8) is 0 Å². The van der Waals surface area contributed by atoms with E-state index in [1.54, 1.807) is 7.11 Å². The van der Waals surface area contributed by atoms with E-state index < -0.39 is 20.2 Å². The van der Waals surface area contributed by atoms with Gasteiger partial charge >= 0.3 is 7.82 Å². The smallest absolute Gasteiger partial charge is 0.453 e. The fraction of sp³-hybridized carbons (Fsp3) is 0.528. The maximum atomic E-state index is 12.7. The topological polar surface area (TPSA) is 130 Å². The quantitative estimate of drug-likeness (QED) is 0.0422. The van der Waals surface area contributed by atoms with Crippen molar-refractivity contribution >= 4 is 35.5 Å². The summed E-state index contributed by atoms with van der Waals surface area (Å²) in [6.45, 7) is 0.424. The molecule has 0 radical (unpaired) electrons. The number of aromatic nitrogens is 1. The molecular weight excluding hydrogens is 635 g/mol. The molecule has 1 N–H and O–H groups in total. The van der Waals surface area contributed by atoms with E-state index in [0.29, 0.717) is 31.7 Å². The molecule has 2 aromatic carbocycles. The Labute approximate surface area is 281 Å². The average molecular weight is 684 g/mol. The van der Waals surface area contributed by atoms with Gasteiger partial charge < -0.3 is 23.5 Å². The number of ether oxygens (including phenoxy) is 3. The molecule has 2 heterocycles. The van der Waals surface area contributed by atoms with Gasteiger partial charge in [-0.3, -0.25) is 13.8 Å². The molecule has 1 fully saturated rings. The van der Waals surface area contributed by atoms with Gasteiger partial charge in [-0.2, -0.15) is 0 Å². The van der Waals surface area contributed by atoms with Gasteiger partial charge in [-0.15, -0.1) is 0 Å². The third-order valence-electron chi connectivity index (χ3n) is 8.89. The summed E-state index contributed by atoms with van der Waals surface area (Å²) in [6.07, 6.45) is 6.86. The Morgan fingerprint density at radius 3 is 2.52 bits per heavy atom. The van der Waals surface area contributed by atoms with Crippen LogP contribution in [0.15, 0.2) is 52.9 Å². The van der Waals surface area contributed by atoms with Crippen LogP contribution in [0.2, 0.25) is 0 Å². The van der Waals surface area contributed by atoms with E-state index in [0.717, 1.165) is 90.7 Å². The predicted octanol–water partition coefficient (Wildman–Crippen LogP) is 6.26. The van der Waals surface area contributed by atoms with Crippen LogP contribution in [-0.4, -0.2) is 75.7 Å². The van der Waals surface area contributed by atoms with E-state index in [1.165, 1.54) is 5.56 Å². The first-order chi connectivity index (χ1) is 23.2. The number of hydrogen-bond donors (Lipinski definition) is 1. The Balaban J connectivity index is 1.01. The zero-order valence-electron chi connectivity index (χ0n) is 28.4. The molecule has 1 saturated heterocycles. The first kappa shape index (κ1) is 36.3. The highest BCUT2D eigenvalue weighted by molar-refractivity contribution is 7.47. The molecule has 3 aliphatic rings. The number of nitrogens with zero attached hydrogens (tertiary/aromatic N) is 2. The molecular formula is C36H48N2O9P+. The molecule has 2 aromatic rings. The summed E-state index contributed by atoms with van der Waals surface area (Å²) in [5.41, 5.74) is 3.62. The van der Waals surface area contributed by atoms with Gasteiger partial charge in [0.1, 0.15) is 37.2 Å². The lowest BCUT2D eigenvalue weighted by atomic mass is 9.97. The van der Waals surface area contributed by atoms with Crippen LogP contribution in [0.4, 0.5) is 0 Å². The highest BCUT2D eigenvalue weighted by Gasteiger charge is 2.37. The number of unbranched alkanes of at least 4 members (excludes halogenated alkanes) is 4. The van der Waals surface area contributed by atoms with Crippen molar-refractivity contribution in [1.82, 2.24) is 9.56 Å². The second-order valence-corrected chi connectivity index (χ2v) is 14.1. The fourth-order valence-corrected chi connectivity index (χ4v) is 6.61. The van der Waals surface area contributed by atoms with Crippen molar-refractivity contribution in [2.24, 2.45) is 0 Å². The van der Waals surface area contributed by atoms with Crippen molar-refractivity contribution < 1.29 is 41.9 Å². The first-order valence-corrected chi connectivity index (χ1v) is 18.3. The molecule has 12 heteroatoms. The first-order valence-electron chi connectivity index (χ1n) is 16.8. The largest absolute Gasteiger partial charge is 0.472 e. The molecule has 0 bridgehead atoms. The minimum absolute atomic E-state index is 0.122. The third-order valence-corrected chi connectivity index (χ3v) is 9.82. The summed E-state index contributed by atoms with van der Waals surface area (Å²) < 4.78 is 46.4. The number of phosphoric ester groups is 1. The van der Waals surface area contributed by atoms with Crippen LogP contribution >= 0.6 is 7.82 Å². The van der Waals surface area contributed by atoms with E-state index in [1.807, 2.05) is 49.0 Å². The Hall–Kier alpha value is -3.02. The van der Waals surface area contributed by atoms with Gasteiger partial charge in [0.15, 0.2) is 17.6 Å². The van der Waals surface area contributed by atoms with Gasteiger partial charge in [-0.05, 0) is 48.8 Å². The van der Waals surface area contributed by atoms with Gasteiger partial charge in [0.05, 0.1) is 18.8 Å². The summed E-state index contributed by atoms with van der Waals surface area (Å²) >= 11 is 0. The molecule has 11 nitrogen and oxygen atoms in total. The summed E-state index contributed by atoms with van der Waals surface area (Å²) in [5, 5.41) is 3.28. The number of aryl methyl sites for hydroxylation is 1. The number of methoxy groups -OCH3 is 1. The second-order valence-electron chi connectivity index (χ2n) is 12.5. The molecule has 1 aliphatic carbocycles. The Morgan fingerprint density at radius 2 is 1.75 bits per heavy atom. The second kappa shape index (κ2) is 17.1. The molecule has 0 spiro atoms. The van der Waals surface area contributed by atoms with Crippen LogP contribution in [0.5, 0.6) is 0 Å². The lowest BCUT2D eigenvalue weighted by Gasteiger charge is -2.18. The monoisotopic (exact) mass is 683 g/mol. The SMILES string of the molecule is COC1CC(OCCCCCCCC(=O)CCCc2cc3oc4cc(=[N+](C)C)ccc-4nc3c3ccccc23)OC1COP(=O)(O)OC. The molecule has 0 aromatic heterocycles. The van der Waals surface area contributed by atoms with Crippen molar-refractivity contribution in [3.8, 4) is 11.5 Å². The third kappa shape index (κ3) is 9.57. The van der Waals surface area contributed by atoms with E-state index in [4.69, 9.17) is 28.1 Å². The molecule has 260 valence electrons. The van der Waals surface area contributed by atoms with Crippen LogP contribution in [-0.2, 0) is 39.0 Å². The Bertz CT molecular complexity index is 1770. The van der Waals surface area contributed by atoms with Crippen molar-refractivity contribution in [2.75, 3.05) is 41.5 Å². The van der Waals surface area contributed by atoms with Crippen molar-refractivity contribution in [1.29, 1.82) is 0 Å². The average Bonchev–Trinajstić information content (AvgIpc) is 3.49. The van der Waals surface area contributed by atoms with E-state index in [9.17, 15) is 14.3 Å². The van der Waals surface area contributed by atoms with Gasteiger partial charge in [-0.25, -0.2) is 14.1 Å². The number of ketones is 1.